The molecule has 3 amide bonds. The molecule has 0 saturated carbocycles. The van der Waals surface area contributed by atoms with E-state index >= 15 is 0 Å². The maximum atomic E-state index is 12.2. The first kappa shape index (κ1) is 18.6. The standard InChI is InChI=1S/C18H22N2O5/c1-11(2)10-19-17(23)12(3)25-18(24)13-5-4-6-14(9-13)20-15(21)7-8-16(20)22/h4-6,9,11-12H,7-8,10H2,1-3H3,(H,19,23)/t12-/m1/s1. The Kier molecular flexibility index (Phi) is 5.90. The Labute approximate surface area is 146 Å². The van der Waals surface area contributed by atoms with Gasteiger partial charge in [0.1, 0.15) is 0 Å². The third-order valence-electron chi connectivity index (χ3n) is 3.73. The first-order valence-corrected chi connectivity index (χ1v) is 8.24. The third-order valence-corrected chi connectivity index (χ3v) is 3.73. The van der Waals surface area contributed by atoms with Crippen LogP contribution in [0.3, 0.4) is 0 Å². The van der Waals surface area contributed by atoms with E-state index in [4.69, 9.17) is 4.74 Å². The second kappa shape index (κ2) is 7.92. The minimum Gasteiger partial charge on any atom is -0.449 e. The Morgan fingerprint density at radius 3 is 2.40 bits per heavy atom. The summed E-state index contributed by atoms with van der Waals surface area (Å²) < 4.78 is 5.16. The van der Waals surface area contributed by atoms with Crippen LogP contribution in [-0.2, 0) is 19.1 Å². The third kappa shape index (κ3) is 4.65. The molecule has 134 valence electrons. The van der Waals surface area contributed by atoms with Crippen molar-refractivity contribution < 1.29 is 23.9 Å². The molecule has 2 rings (SSSR count). The lowest BCUT2D eigenvalue weighted by Crippen LogP contribution is -2.37. The summed E-state index contributed by atoms with van der Waals surface area (Å²) >= 11 is 0. The van der Waals surface area contributed by atoms with Crippen LogP contribution in [0.5, 0.6) is 0 Å². The highest BCUT2D eigenvalue weighted by atomic mass is 16.5. The molecule has 0 unspecified atom stereocenters. The molecule has 1 aromatic carbocycles. The van der Waals surface area contributed by atoms with Crippen LogP contribution in [0.4, 0.5) is 5.69 Å². The van der Waals surface area contributed by atoms with Crippen molar-refractivity contribution in [3.63, 3.8) is 0 Å². The molecule has 1 N–H and O–H groups in total. The van der Waals surface area contributed by atoms with E-state index in [9.17, 15) is 19.2 Å². The highest BCUT2D eigenvalue weighted by molar-refractivity contribution is 6.20. The summed E-state index contributed by atoms with van der Waals surface area (Å²) in [6.07, 6.45) is -0.605. The van der Waals surface area contributed by atoms with Crippen molar-refractivity contribution in [2.24, 2.45) is 5.92 Å². The van der Waals surface area contributed by atoms with Gasteiger partial charge in [0.05, 0.1) is 11.3 Å². The van der Waals surface area contributed by atoms with Gasteiger partial charge in [-0.05, 0) is 31.0 Å². The summed E-state index contributed by atoms with van der Waals surface area (Å²) in [6.45, 7) is 5.91. The molecule has 1 aliphatic heterocycles. The fourth-order valence-corrected chi connectivity index (χ4v) is 2.37. The zero-order valence-electron chi connectivity index (χ0n) is 14.6. The van der Waals surface area contributed by atoms with Crippen LogP contribution in [-0.4, -0.2) is 36.3 Å². The molecular formula is C18H22N2O5. The first-order chi connectivity index (χ1) is 11.8. The van der Waals surface area contributed by atoms with E-state index in [1.165, 1.54) is 19.1 Å². The van der Waals surface area contributed by atoms with Crippen LogP contribution in [0.2, 0.25) is 0 Å². The van der Waals surface area contributed by atoms with Crippen molar-refractivity contribution in [3.8, 4) is 0 Å². The zero-order valence-corrected chi connectivity index (χ0v) is 14.6. The van der Waals surface area contributed by atoms with E-state index < -0.39 is 12.1 Å². The number of rotatable bonds is 6. The average molecular weight is 346 g/mol. The fourth-order valence-electron chi connectivity index (χ4n) is 2.37. The van der Waals surface area contributed by atoms with Gasteiger partial charge in [0.15, 0.2) is 6.10 Å². The number of carbonyl (C=O) groups is 4. The number of esters is 1. The van der Waals surface area contributed by atoms with E-state index in [1.807, 2.05) is 13.8 Å². The minimum atomic E-state index is -0.940. The Bertz CT molecular complexity index is 682. The summed E-state index contributed by atoms with van der Waals surface area (Å²) in [5.41, 5.74) is 0.507. The lowest BCUT2D eigenvalue weighted by molar-refractivity contribution is -0.129. The molecule has 1 aliphatic rings. The number of hydrogen-bond acceptors (Lipinski definition) is 5. The van der Waals surface area contributed by atoms with Gasteiger partial charge in [0, 0.05) is 19.4 Å². The predicted molar refractivity (Wildman–Crippen MR) is 90.9 cm³/mol. The molecule has 0 aliphatic carbocycles. The Morgan fingerprint density at radius 1 is 1.16 bits per heavy atom. The first-order valence-electron chi connectivity index (χ1n) is 8.24. The normalized spacial score (nSPS) is 15.4. The van der Waals surface area contributed by atoms with Crippen molar-refractivity contribution in [1.29, 1.82) is 0 Å². The number of ether oxygens (including phenoxy) is 1. The summed E-state index contributed by atoms with van der Waals surface area (Å²) in [5.74, 6) is -1.36. The molecule has 1 aromatic rings. The molecule has 0 spiro atoms. The van der Waals surface area contributed by atoms with Crippen LogP contribution in [0.25, 0.3) is 0 Å². The van der Waals surface area contributed by atoms with Crippen molar-refractivity contribution in [2.45, 2.75) is 39.7 Å². The van der Waals surface area contributed by atoms with E-state index in [2.05, 4.69) is 5.32 Å². The van der Waals surface area contributed by atoms with E-state index in [0.29, 0.717) is 18.2 Å². The van der Waals surface area contributed by atoms with Crippen LogP contribution in [0, 0.1) is 5.92 Å². The van der Waals surface area contributed by atoms with Crippen molar-refractivity contribution in [2.75, 3.05) is 11.4 Å². The van der Waals surface area contributed by atoms with Gasteiger partial charge in [-0.25, -0.2) is 4.79 Å². The van der Waals surface area contributed by atoms with E-state index in [0.717, 1.165) is 4.90 Å². The zero-order chi connectivity index (χ0) is 18.6. The Hall–Kier alpha value is -2.70. The van der Waals surface area contributed by atoms with Gasteiger partial charge < -0.3 is 10.1 Å². The number of nitrogens with zero attached hydrogens (tertiary/aromatic N) is 1. The number of carbonyl (C=O) groups excluding carboxylic acids is 4. The van der Waals surface area contributed by atoms with E-state index in [1.54, 1.807) is 12.1 Å². The number of hydrogen-bond donors (Lipinski definition) is 1. The molecular weight excluding hydrogens is 324 g/mol. The monoisotopic (exact) mass is 346 g/mol. The van der Waals surface area contributed by atoms with Crippen LogP contribution < -0.4 is 10.2 Å². The summed E-state index contributed by atoms with van der Waals surface area (Å²) in [5, 5.41) is 2.69. The molecule has 7 heteroatoms. The molecule has 1 atom stereocenters. The highest BCUT2D eigenvalue weighted by Gasteiger charge is 2.30. The van der Waals surface area contributed by atoms with Gasteiger partial charge in [-0.3, -0.25) is 19.3 Å². The number of nitrogens with one attached hydrogen (secondary N) is 1. The van der Waals surface area contributed by atoms with Gasteiger partial charge in [-0.1, -0.05) is 19.9 Å². The predicted octanol–water partition coefficient (Wildman–Crippen LogP) is 1.66. The molecule has 0 aromatic heterocycles. The van der Waals surface area contributed by atoms with Gasteiger partial charge >= 0.3 is 5.97 Å². The number of anilines is 1. The molecule has 1 heterocycles. The van der Waals surface area contributed by atoms with Gasteiger partial charge in [0.2, 0.25) is 11.8 Å². The summed E-state index contributed by atoms with van der Waals surface area (Å²) in [6, 6.07) is 6.07. The maximum Gasteiger partial charge on any atom is 0.338 e. The smallest absolute Gasteiger partial charge is 0.338 e. The Balaban J connectivity index is 2.05. The largest absolute Gasteiger partial charge is 0.449 e. The van der Waals surface area contributed by atoms with Gasteiger partial charge in [-0.15, -0.1) is 0 Å². The second-order valence-corrected chi connectivity index (χ2v) is 6.36. The molecule has 7 nitrogen and oxygen atoms in total. The van der Waals surface area contributed by atoms with Crippen LogP contribution in [0.1, 0.15) is 44.0 Å². The topological polar surface area (TPSA) is 92.8 Å². The van der Waals surface area contributed by atoms with Crippen LogP contribution in [0.15, 0.2) is 24.3 Å². The number of benzene rings is 1. The quantitative estimate of drug-likeness (QED) is 0.625. The van der Waals surface area contributed by atoms with Crippen molar-refractivity contribution in [3.05, 3.63) is 29.8 Å². The van der Waals surface area contributed by atoms with Crippen molar-refractivity contribution >= 4 is 29.4 Å². The van der Waals surface area contributed by atoms with Gasteiger partial charge in [-0.2, -0.15) is 0 Å². The highest BCUT2D eigenvalue weighted by Crippen LogP contribution is 2.23. The van der Waals surface area contributed by atoms with E-state index in [-0.39, 0.29) is 36.1 Å². The summed E-state index contributed by atoms with van der Waals surface area (Å²) in [7, 11) is 0. The lowest BCUT2D eigenvalue weighted by Gasteiger charge is -2.16. The molecule has 1 saturated heterocycles. The minimum absolute atomic E-state index is 0.167. The average Bonchev–Trinajstić information content (AvgIpc) is 2.91. The molecule has 0 radical (unpaired) electrons. The fraction of sp³-hybridized carbons (Fsp3) is 0.444. The summed E-state index contributed by atoms with van der Waals surface area (Å²) in [4.78, 5) is 48.8. The lowest BCUT2D eigenvalue weighted by atomic mass is 10.2. The number of imide groups is 1. The SMILES string of the molecule is CC(C)CNC(=O)[C@@H](C)OC(=O)c1cccc(N2C(=O)CCC2=O)c1. The molecule has 1 fully saturated rings. The molecule has 0 bridgehead atoms. The van der Waals surface area contributed by atoms with Gasteiger partial charge in [0.25, 0.3) is 5.91 Å². The maximum absolute atomic E-state index is 12.2. The Morgan fingerprint density at radius 2 is 1.80 bits per heavy atom. The van der Waals surface area contributed by atoms with Crippen molar-refractivity contribution in [1.82, 2.24) is 5.32 Å². The second-order valence-electron chi connectivity index (χ2n) is 6.36. The van der Waals surface area contributed by atoms with Crippen LogP contribution >= 0.6 is 0 Å². The number of amides is 3. The molecule has 25 heavy (non-hydrogen) atoms.